The maximum atomic E-state index is 13.7. The number of likely N-dealkylation sites (tertiary alicyclic amines) is 1. The molecule has 0 bridgehead atoms. The van der Waals surface area contributed by atoms with E-state index in [2.05, 4.69) is 71.8 Å². The van der Waals surface area contributed by atoms with Crippen molar-refractivity contribution in [1.82, 2.24) is 14.4 Å². The number of benzene rings is 3. The summed E-state index contributed by atoms with van der Waals surface area (Å²) in [5, 5.41) is 0.730. The molecule has 0 N–H and O–H groups in total. The topological polar surface area (TPSA) is 37.7 Å². The van der Waals surface area contributed by atoms with Gasteiger partial charge >= 0.3 is 0 Å². The molecule has 226 valence electrons. The van der Waals surface area contributed by atoms with Crippen molar-refractivity contribution in [3.63, 3.8) is 0 Å². The molecule has 0 spiro atoms. The Bertz CT molecular complexity index is 1520. The second-order valence-corrected chi connectivity index (χ2v) is 12.8. The molecule has 1 atom stereocenters. The minimum atomic E-state index is -0.288. The van der Waals surface area contributed by atoms with E-state index in [0.717, 1.165) is 60.9 Å². The largest absolute Gasteiger partial charge is 0.493 e. The number of halogens is 1. The van der Waals surface area contributed by atoms with Crippen LogP contribution in [0.1, 0.15) is 52.9 Å². The number of hydrogen-bond donors (Lipinski definition) is 0. The van der Waals surface area contributed by atoms with Gasteiger partial charge in [0.25, 0.3) is 0 Å². The lowest BCUT2D eigenvalue weighted by molar-refractivity contribution is -0.135. The van der Waals surface area contributed by atoms with Crippen molar-refractivity contribution >= 4 is 17.5 Å². The van der Waals surface area contributed by atoms with E-state index in [1.165, 1.54) is 22.5 Å². The van der Waals surface area contributed by atoms with Crippen LogP contribution in [0.2, 0.25) is 5.02 Å². The standard InChI is InChI=1S/C37H44ClN3O2/c1-28-20-34(16-17-35(28)38)43-27-37(22-36(42)39(4)23-31-12-7-5-8-13-31)18-11-19-40(26-37)25-33-21-29(2)41(30(33)3)24-32-14-9-6-10-15-32/h5-10,12-17,20-21H,11,18-19,22-27H2,1-4H3. The first-order valence-electron chi connectivity index (χ1n) is 15.3. The average Bonchev–Trinajstić information content (AvgIpc) is 3.26. The quantitative estimate of drug-likeness (QED) is 0.177. The van der Waals surface area contributed by atoms with Gasteiger partial charge in [-0.25, -0.2) is 0 Å². The minimum Gasteiger partial charge on any atom is -0.493 e. The summed E-state index contributed by atoms with van der Waals surface area (Å²) < 4.78 is 8.85. The number of carbonyl (C=O) groups is 1. The first-order valence-corrected chi connectivity index (χ1v) is 15.7. The molecule has 1 aliphatic heterocycles. The van der Waals surface area contributed by atoms with Crippen LogP contribution in [0.4, 0.5) is 0 Å². The summed E-state index contributed by atoms with van der Waals surface area (Å²) in [7, 11) is 1.91. The summed E-state index contributed by atoms with van der Waals surface area (Å²) >= 11 is 6.28. The Morgan fingerprint density at radius 3 is 2.33 bits per heavy atom. The zero-order valence-electron chi connectivity index (χ0n) is 26.0. The van der Waals surface area contributed by atoms with Gasteiger partial charge in [-0.15, -0.1) is 0 Å². The number of ether oxygens (including phenoxy) is 1. The highest BCUT2D eigenvalue weighted by atomic mass is 35.5. The van der Waals surface area contributed by atoms with Crippen LogP contribution in [-0.2, 0) is 24.4 Å². The summed E-state index contributed by atoms with van der Waals surface area (Å²) in [6.07, 6.45) is 2.43. The van der Waals surface area contributed by atoms with Gasteiger partial charge in [-0.05, 0) is 86.7 Å². The monoisotopic (exact) mass is 597 g/mol. The first-order chi connectivity index (χ1) is 20.7. The first kappa shape index (κ1) is 30.9. The van der Waals surface area contributed by atoms with E-state index in [-0.39, 0.29) is 11.3 Å². The maximum Gasteiger partial charge on any atom is 0.223 e. The molecule has 1 aromatic heterocycles. The van der Waals surface area contributed by atoms with E-state index < -0.39 is 0 Å². The minimum absolute atomic E-state index is 0.155. The van der Waals surface area contributed by atoms with Gasteiger partial charge in [0, 0.05) is 61.5 Å². The molecule has 1 amide bonds. The highest BCUT2D eigenvalue weighted by Gasteiger charge is 2.39. The summed E-state index contributed by atoms with van der Waals surface area (Å²) in [6.45, 7) is 11.1. The number of aromatic nitrogens is 1. The van der Waals surface area contributed by atoms with Gasteiger partial charge in [-0.2, -0.15) is 0 Å². The number of amides is 1. The van der Waals surface area contributed by atoms with Crippen LogP contribution >= 0.6 is 11.6 Å². The predicted molar refractivity (Wildman–Crippen MR) is 176 cm³/mol. The SMILES string of the molecule is Cc1cc(OCC2(CC(=O)N(C)Cc3ccccc3)CCCN(Cc3cc(C)n(Cc4ccccc4)c3C)C2)ccc1Cl. The third-order valence-corrected chi connectivity index (χ3v) is 9.31. The average molecular weight is 598 g/mol. The second kappa shape index (κ2) is 13.8. The molecule has 1 saturated heterocycles. The van der Waals surface area contributed by atoms with Crippen molar-refractivity contribution in [2.75, 3.05) is 26.7 Å². The smallest absolute Gasteiger partial charge is 0.223 e. The second-order valence-electron chi connectivity index (χ2n) is 12.4. The van der Waals surface area contributed by atoms with Crippen LogP contribution in [0.3, 0.4) is 0 Å². The van der Waals surface area contributed by atoms with Crippen LogP contribution < -0.4 is 4.74 Å². The fourth-order valence-electron chi connectivity index (χ4n) is 6.39. The molecule has 1 fully saturated rings. The van der Waals surface area contributed by atoms with Gasteiger partial charge in [-0.1, -0.05) is 72.3 Å². The van der Waals surface area contributed by atoms with E-state index in [0.29, 0.717) is 19.6 Å². The Kier molecular flexibility index (Phi) is 9.94. The van der Waals surface area contributed by atoms with Gasteiger partial charge in [-0.3, -0.25) is 9.69 Å². The zero-order valence-corrected chi connectivity index (χ0v) is 26.7. The number of nitrogens with zero attached hydrogens (tertiary/aromatic N) is 3. The predicted octanol–water partition coefficient (Wildman–Crippen LogP) is 7.82. The summed E-state index contributed by atoms with van der Waals surface area (Å²) in [5.74, 6) is 0.954. The number of rotatable bonds is 11. The molecule has 6 heteroatoms. The normalized spacial score (nSPS) is 17.1. The Morgan fingerprint density at radius 2 is 1.63 bits per heavy atom. The Morgan fingerprint density at radius 1 is 0.930 bits per heavy atom. The number of piperidine rings is 1. The highest BCUT2D eigenvalue weighted by molar-refractivity contribution is 6.31. The van der Waals surface area contributed by atoms with Gasteiger partial charge in [0.2, 0.25) is 5.91 Å². The molecule has 0 radical (unpaired) electrons. The molecule has 3 aromatic carbocycles. The summed E-state index contributed by atoms with van der Waals surface area (Å²) in [4.78, 5) is 18.1. The van der Waals surface area contributed by atoms with Crippen molar-refractivity contribution in [2.45, 2.75) is 59.7 Å². The van der Waals surface area contributed by atoms with Gasteiger partial charge < -0.3 is 14.2 Å². The molecule has 5 rings (SSSR count). The third kappa shape index (κ3) is 7.90. The Labute approximate surface area is 262 Å². The van der Waals surface area contributed by atoms with E-state index in [1.54, 1.807) is 0 Å². The highest BCUT2D eigenvalue weighted by Crippen LogP contribution is 2.37. The summed E-state index contributed by atoms with van der Waals surface area (Å²) in [5.41, 5.74) is 7.08. The Balaban J connectivity index is 1.33. The van der Waals surface area contributed by atoms with Crippen molar-refractivity contribution in [3.8, 4) is 5.75 Å². The van der Waals surface area contributed by atoms with E-state index >= 15 is 0 Å². The van der Waals surface area contributed by atoms with Gasteiger partial charge in [0.15, 0.2) is 0 Å². The lowest BCUT2D eigenvalue weighted by atomic mass is 9.77. The molecule has 1 aliphatic rings. The van der Waals surface area contributed by atoms with E-state index in [9.17, 15) is 4.79 Å². The summed E-state index contributed by atoms with van der Waals surface area (Å²) in [6, 6.07) is 29.0. The van der Waals surface area contributed by atoms with Crippen LogP contribution in [0.15, 0.2) is 84.9 Å². The molecule has 0 aliphatic carbocycles. The van der Waals surface area contributed by atoms with Crippen molar-refractivity contribution in [3.05, 3.63) is 124 Å². The van der Waals surface area contributed by atoms with Crippen molar-refractivity contribution in [2.24, 2.45) is 5.41 Å². The van der Waals surface area contributed by atoms with Crippen LogP contribution in [-0.4, -0.2) is 47.0 Å². The molecular formula is C37H44ClN3O2. The van der Waals surface area contributed by atoms with Crippen molar-refractivity contribution < 1.29 is 9.53 Å². The fraction of sp³-hybridized carbons (Fsp3) is 0.378. The number of carbonyl (C=O) groups excluding carboxylic acids is 1. The number of hydrogen-bond acceptors (Lipinski definition) is 3. The molecule has 43 heavy (non-hydrogen) atoms. The van der Waals surface area contributed by atoms with Crippen LogP contribution in [0, 0.1) is 26.2 Å². The zero-order chi connectivity index (χ0) is 30.4. The molecule has 0 saturated carbocycles. The van der Waals surface area contributed by atoms with Gasteiger partial charge in [0.05, 0.1) is 6.61 Å². The molecule has 1 unspecified atom stereocenters. The van der Waals surface area contributed by atoms with Gasteiger partial charge in [0.1, 0.15) is 5.75 Å². The number of aryl methyl sites for hydroxylation is 2. The lowest BCUT2D eigenvalue weighted by Gasteiger charge is -2.43. The van der Waals surface area contributed by atoms with E-state index in [1.807, 2.05) is 55.3 Å². The molecule has 2 heterocycles. The maximum absolute atomic E-state index is 13.7. The molecular weight excluding hydrogens is 554 g/mol. The Hall–Kier alpha value is -3.54. The molecule has 4 aromatic rings. The van der Waals surface area contributed by atoms with E-state index in [4.69, 9.17) is 16.3 Å². The van der Waals surface area contributed by atoms with Crippen molar-refractivity contribution in [1.29, 1.82) is 0 Å². The molecule has 5 nitrogen and oxygen atoms in total. The van der Waals surface area contributed by atoms with Crippen LogP contribution in [0.5, 0.6) is 5.75 Å². The third-order valence-electron chi connectivity index (χ3n) is 8.89. The fourth-order valence-corrected chi connectivity index (χ4v) is 6.50. The van der Waals surface area contributed by atoms with Crippen LogP contribution in [0.25, 0.3) is 0 Å². The lowest BCUT2D eigenvalue weighted by Crippen LogP contribution is -2.48.